The van der Waals surface area contributed by atoms with Crippen molar-refractivity contribution in [2.24, 2.45) is 0 Å². The van der Waals surface area contributed by atoms with Crippen molar-refractivity contribution < 1.29 is 19.7 Å². The van der Waals surface area contributed by atoms with Gasteiger partial charge in [-0.2, -0.15) is 0 Å². The smallest absolute Gasteiger partial charge is 0.224 e. The van der Waals surface area contributed by atoms with Gasteiger partial charge in [0.15, 0.2) is 0 Å². The van der Waals surface area contributed by atoms with Crippen LogP contribution in [0, 0.1) is 0 Å². The van der Waals surface area contributed by atoms with Crippen molar-refractivity contribution in [1.29, 1.82) is 0 Å². The third kappa shape index (κ3) is 4.66. The lowest BCUT2D eigenvalue weighted by atomic mass is 9.77. The van der Waals surface area contributed by atoms with E-state index >= 15 is 0 Å². The van der Waals surface area contributed by atoms with Crippen molar-refractivity contribution >= 4 is 16.9 Å². The molecule has 8 heteroatoms. The monoisotopic (exact) mass is 416 g/mol. The van der Waals surface area contributed by atoms with Crippen LogP contribution in [0.5, 0.6) is 5.88 Å². The first-order valence-corrected chi connectivity index (χ1v) is 10.8. The summed E-state index contributed by atoms with van der Waals surface area (Å²) in [5.41, 5.74) is 1.32. The van der Waals surface area contributed by atoms with E-state index in [1.807, 2.05) is 20.0 Å². The van der Waals surface area contributed by atoms with E-state index in [-0.39, 0.29) is 18.2 Å². The van der Waals surface area contributed by atoms with Gasteiger partial charge in [0.05, 0.1) is 29.2 Å². The number of methoxy groups -OCH3 is 1. The first-order chi connectivity index (χ1) is 14.3. The molecule has 2 saturated carbocycles. The fourth-order valence-corrected chi connectivity index (χ4v) is 4.33. The lowest BCUT2D eigenvalue weighted by molar-refractivity contribution is -0.0121. The zero-order valence-corrected chi connectivity index (χ0v) is 18.0. The highest BCUT2D eigenvalue weighted by molar-refractivity contribution is 5.86. The van der Waals surface area contributed by atoms with Crippen LogP contribution in [-0.4, -0.2) is 62.7 Å². The normalized spacial score (nSPS) is 30.0. The first kappa shape index (κ1) is 21.2. The minimum absolute atomic E-state index is 0.0224. The molecule has 2 aromatic heterocycles. The van der Waals surface area contributed by atoms with Crippen molar-refractivity contribution in [3.63, 3.8) is 0 Å². The largest absolute Gasteiger partial charge is 0.474 e. The lowest BCUT2D eigenvalue weighted by Gasteiger charge is -2.34. The molecule has 0 amide bonds. The topological polar surface area (TPSA) is 110 Å². The Bertz CT molecular complexity index is 875. The van der Waals surface area contributed by atoms with Crippen LogP contribution in [0.15, 0.2) is 12.4 Å². The number of aliphatic hydroxyl groups excluding tert-OH is 1. The molecule has 164 valence electrons. The number of aliphatic hydroxyl groups is 2. The van der Waals surface area contributed by atoms with Crippen molar-refractivity contribution in [2.75, 3.05) is 19.0 Å². The molecule has 0 saturated heterocycles. The second kappa shape index (κ2) is 8.61. The van der Waals surface area contributed by atoms with Crippen LogP contribution in [0.1, 0.15) is 63.9 Å². The summed E-state index contributed by atoms with van der Waals surface area (Å²) in [6.45, 7) is 4.48. The molecular formula is C22H32N4O4. The summed E-state index contributed by atoms with van der Waals surface area (Å²) in [5, 5.41) is 24.0. The van der Waals surface area contributed by atoms with Gasteiger partial charge in [-0.3, -0.25) is 0 Å². The van der Waals surface area contributed by atoms with E-state index in [1.165, 1.54) is 0 Å². The van der Waals surface area contributed by atoms with E-state index < -0.39 is 5.60 Å². The van der Waals surface area contributed by atoms with Gasteiger partial charge in [0.1, 0.15) is 6.10 Å². The maximum atomic E-state index is 10.3. The molecule has 4 rings (SSSR count). The molecule has 1 atom stereocenters. The third-order valence-electron chi connectivity index (χ3n) is 6.26. The van der Waals surface area contributed by atoms with Gasteiger partial charge < -0.3 is 25.0 Å². The van der Waals surface area contributed by atoms with Crippen LogP contribution in [-0.2, 0) is 4.74 Å². The van der Waals surface area contributed by atoms with E-state index in [0.29, 0.717) is 37.2 Å². The number of rotatable bonds is 7. The molecule has 0 aromatic carbocycles. The van der Waals surface area contributed by atoms with Crippen LogP contribution in [0.25, 0.3) is 10.9 Å². The predicted octanol–water partition coefficient (Wildman–Crippen LogP) is 2.78. The van der Waals surface area contributed by atoms with Crippen LogP contribution in [0.3, 0.4) is 0 Å². The molecule has 2 aliphatic rings. The molecule has 2 fully saturated rings. The fraction of sp³-hybridized carbons (Fsp3) is 0.682. The number of pyridine rings is 1. The zero-order chi connectivity index (χ0) is 21.3. The lowest BCUT2D eigenvalue weighted by Crippen LogP contribution is -2.37. The second-order valence-corrected chi connectivity index (χ2v) is 9.11. The Labute approximate surface area is 177 Å². The quantitative estimate of drug-likeness (QED) is 0.632. The summed E-state index contributed by atoms with van der Waals surface area (Å²) in [5.74, 6) is 1.36. The molecule has 8 nitrogen and oxygen atoms in total. The number of hydrogen-bond acceptors (Lipinski definition) is 8. The number of nitrogens with one attached hydrogen (secondary N) is 1. The minimum atomic E-state index is -0.592. The molecule has 0 aliphatic heterocycles. The Morgan fingerprint density at radius 3 is 2.63 bits per heavy atom. The summed E-state index contributed by atoms with van der Waals surface area (Å²) in [4.78, 5) is 13.9. The summed E-state index contributed by atoms with van der Waals surface area (Å²) >= 11 is 0. The van der Waals surface area contributed by atoms with Crippen molar-refractivity contribution in [2.45, 2.75) is 82.1 Å². The molecule has 2 heterocycles. The van der Waals surface area contributed by atoms with E-state index in [9.17, 15) is 10.2 Å². The SMILES string of the molecule is COC[C@H](C)Nc1ncc2c(O[C@H]3C[C@@H](O)C3)ncc([C@H]3CC[C@@](C)(O)CC3)c2n1. The molecule has 0 bridgehead atoms. The predicted molar refractivity (Wildman–Crippen MR) is 114 cm³/mol. The van der Waals surface area contributed by atoms with Gasteiger partial charge in [-0.25, -0.2) is 15.0 Å². The van der Waals surface area contributed by atoms with Gasteiger partial charge in [-0.05, 0) is 45.4 Å². The summed E-state index contributed by atoms with van der Waals surface area (Å²) < 4.78 is 11.2. The number of fused-ring (bicyclic) bond motifs is 1. The third-order valence-corrected chi connectivity index (χ3v) is 6.26. The van der Waals surface area contributed by atoms with Gasteiger partial charge in [-0.1, -0.05) is 0 Å². The summed E-state index contributed by atoms with van der Waals surface area (Å²) in [7, 11) is 1.67. The Hall–Kier alpha value is -2.03. The molecule has 0 radical (unpaired) electrons. The number of ether oxygens (including phenoxy) is 2. The van der Waals surface area contributed by atoms with Crippen LogP contribution >= 0.6 is 0 Å². The molecule has 2 aromatic rings. The van der Waals surface area contributed by atoms with Crippen LogP contribution in [0.4, 0.5) is 5.95 Å². The molecule has 3 N–H and O–H groups in total. The number of anilines is 1. The van der Waals surface area contributed by atoms with Gasteiger partial charge in [0.25, 0.3) is 0 Å². The Balaban J connectivity index is 1.66. The number of nitrogens with zero attached hydrogens (tertiary/aromatic N) is 3. The van der Waals surface area contributed by atoms with E-state index in [0.717, 1.165) is 42.1 Å². The molecule has 0 unspecified atom stereocenters. The van der Waals surface area contributed by atoms with E-state index in [2.05, 4.69) is 15.3 Å². The second-order valence-electron chi connectivity index (χ2n) is 9.11. The fourth-order valence-electron chi connectivity index (χ4n) is 4.33. The number of aromatic nitrogens is 3. The molecule has 30 heavy (non-hydrogen) atoms. The van der Waals surface area contributed by atoms with Gasteiger partial charge in [0.2, 0.25) is 11.8 Å². The summed E-state index contributed by atoms with van der Waals surface area (Å²) in [6, 6.07) is 0.0784. The minimum Gasteiger partial charge on any atom is -0.474 e. The zero-order valence-electron chi connectivity index (χ0n) is 18.0. The molecular weight excluding hydrogens is 384 g/mol. The van der Waals surface area contributed by atoms with E-state index in [1.54, 1.807) is 13.3 Å². The maximum Gasteiger partial charge on any atom is 0.224 e. The molecule has 0 spiro atoms. The highest BCUT2D eigenvalue weighted by Gasteiger charge is 2.32. The van der Waals surface area contributed by atoms with Gasteiger partial charge in [-0.15, -0.1) is 0 Å². The Morgan fingerprint density at radius 1 is 1.23 bits per heavy atom. The van der Waals surface area contributed by atoms with E-state index in [4.69, 9.17) is 14.5 Å². The summed E-state index contributed by atoms with van der Waals surface area (Å²) in [6.07, 6.45) is 7.89. The Morgan fingerprint density at radius 2 is 1.97 bits per heavy atom. The maximum absolute atomic E-state index is 10.3. The van der Waals surface area contributed by atoms with Gasteiger partial charge >= 0.3 is 0 Å². The van der Waals surface area contributed by atoms with Crippen LogP contribution in [0.2, 0.25) is 0 Å². The molecule has 2 aliphatic carbocycles. The average molecular weight is 417 g/mol. The standard InChI is InChI=1S/C22H32N4O4/c1-13(12-29-3)25-21-24-11-18-19(26-21)17(14-4-6-22(2,28)7-5-14)10-23-20(18)30-16-8-15(27)9-16/h10-11,13-16,27-28H,4-9,12H2,1-3H3,(H,24,25,26)/t13-,14-,15-,16+,22+/m0/s1. The number of hydrogen-bond donors (Lipinski definition) is 3. The first-order valence-electron chi connectivity index (χ1n) is 10.8. The van der Waals surface area contributed by atoms with Gasteiger partial charge in [0, 0.05) is 44.0 Å². The van der Waals surface area contributed by atoms with Crippen molar-refractivity contribution in [3.05, 3.63) is 18.0 Å². The average Bonchev–Trinajstić information content (AvgIpc) is 2.67. The Kier molecular flexibility index (Phi) is 6.09. The highest BCUT2D eigenvalue weighted by atomic mass is 16.5. The van der Waals surface area contributed by atoms with Crippen molar-refractivity contribution in [1.82, 2.24) is 15.0 Å². The van der Waals surface area contributed by atoms with Crippen molar-refractivity contribution in [3.8, 4) is 5.88 Å². The highest BCUT2D eigenvalue weighted by Crippen LogP contribution is 2.41. The van der Waals surface area contributed by atoms with Crippen LogP contribution < -0.4 is 10.1 Å².